The molecule has 0 radical (unpaired) electrons. The first kappa shape index (κ1) is 31.4. The van der Waals surface area contributed by atoms with Gasteiger partial charge in [-0.25, -0.2) is 9.78 Å². The highest BCUT2D eigenvalue weighted by atomic mass is 19.4. The summed E-state index contributed by atoms with van der Waals surface area (Å²) in [7, 11) is 0. The number of nitrogens with zero attached hydrogens (tertiary/aromatic N) is 1. The van der Waals surface area contributed by atoms with Gasteiger partial charge in [0.05, 0.1) is 0 Å². The summed E-state index contributed by atoms with van der Waals surface area (Å²) in [6, 6.07) is 2.15. The Bertz CT molecular complexity index is 928. The molecule has 0 spiro atoms. The lowest BCUT2D eigenvalue weighted by atomic mass is 10.2. The molecule has 1 aromatic rings. The monoisotopic (exact) mass is 573 g/mol. The van der Waals surface area contributed by atoms with Crippen LogP contribution in [0.1, 0.15) is 0 Å². The normalized spacial score (nSPS) is 17.8. The molecule has 0 aliphatic rings. The van der Waals surface area contributed by atoms with Gasteiger partial charge in [0.2, 0.25) is 5.88 Å². The van der Waals surface area contributed by atoms with Crippen molar-refractivity contribution in [3.8, 4) is 5.88 Å². The molecule has 1 rings (SSSR count). The van der Waals surface area contributed by atoms with Gasteiger partial charge in [-0.2, -0.15) is 74.6 Å². The molecule has 0 N–H and O–H groups in total. The van der Waals surface area contributed by atoms with Crippen molar-refractivity contribution in [2.45, 2.75) is 48.4 Å². The highest BCUT2D eigenvalue weighted by Gasteiger charge is 2.85. The van der Waals surface area contributed by atoms with Crippen molar-refractivity contribution in [3.63, 3.8) is 0 Å². The third-order valence-corrected chi connectivity index (χ3v) is 3.46. The predicted molar refractivity (Wildman–Crippen MR) is 72.7 cm³/mol. The van der Waals surface area contributed by atoms with Crippen LogP contribution in [0.3, 0.4) is 0 Å². The molecule has 0 bridgehead atoms. The molecular weight excluding hydrogens is 569 g/mol. The lowest BCUT2D eigenvalue weighted by molar-refractivity contribution is -0.548. The fraction of sp³-hybridized carbons (Fsp3) is 0.571. The first-order valence-corrected chi connectivity index (χ1v) is 7.91. The second kappa shape index (κ2) is 9.03. The van der Waals surface area contributed by atoms with E-state index in [9.17, 15) is 79.4 Å². The van der Waals surface area contributed by atoms with Crippen LogP contribution in [0, 0.1) is 0 Å². The summed E-state index contributed by atoms with van der Waals surface area (Å²) in [6.07, 6.45) is -38.2. The zero-order valence-corrected chi connectivity index (χ0v) is 15.8. The molecule has 2 atom stereocenters. The highest BCUT2D eigenvalue weighted by molar-refractivity contribution is 5.80. The molecular formula is C14H4F17NO4. The maximum atomic E-state index is 14.2. The zero-order valence-electron chi connectivity index (χ0n) is 15.8. The number of alkyl halides is 17. The molecule has 208 valence electrons. The number of carbonyl (C=O) groups excluding carboxylic acids is 1. The van der Waals surface area contributed by atoms with Gasteiger partial charge in [0, 0.05) is 12.3 Å². The van der Waals surface area contributed by atoms with Crippen LogP contribution >= 0.6 is 0 Å². The van der Waals surface area contributed by atoms with Crippen LogP contribution in [0.2, 0.25) is 0 Å². The second-order valence-electron chi connectivity index (χ2n) is 6.05. The van der Waals surface area contributed by atoms with Gasteiger partial charge in [-0.3, -0.25) is 9.47 Å². The van der Waals surface area contributed by atoms with Crippen LogP contribution in [0.4, 0.5) is 74.6 Å². The summed E-state index contributed by atoms with van der Waals surface area (Å²) in [5.41, 5.74) is 0. The maximum absolute atomic E-state index is 14.2. The molecule has 0 aliphatic heterocycles. The number of carbonyl (C=O) groups is 1. The van der Waals surface area contributed by atoms with Gasteiger partial charge in [0.1, 0.15) is 0 Å². The lowest BCUT2D eigenvalue weighted by Crippen LogP contribution is -2.68. The van der Waals surface area contributed by atoms with Gasteiger partial charge >= 0.3 is 54.3 Å². The van der Waals surface area contributed by atoms with E-state index in [0.717, 1.165) is 12.1 Å². The Hall–Kier alpha value is -2.65. The van der Waals surface area contributed by atoms with Gasteiger partial charge in [-0.15, -0.1) is 0 Å². The Balaban J connectivity index is 3.61. The fourth-order valence-electron chi connectivity index (χ4n) is 1.71. The van der Waals surface area contributed by atoms with Gasteiger partial charge in [0.25, 0.3) is 0 Å². The molecule has 36 heavy (non-hydrogen) atoms. The van der Waals surface area contributed by atoms with Gasteiger partial charge in [0.15, 0.2) is 0 Å². The van der Waals surface area contributed by atoms with E-state index in [1.807, 2.05) is 4.74 Å². The molecule has 5 nitrogen and oxygen atoms in total. The number of pyridine rings is 1. The Morgan fingerprint density at radius 2 is 1.14 bits per heavy atom. The Morgan fingerprint density at radius 1 is 0.639 bits per heavy atom. The summed E-state index contributed by atoms with van der Waals surface area (Å²) in [6.45, 7) is 0. The molecule has 1 aromatic heterocycles. The van der Waals surface area contributed by atoms with Crippen molar-refractivity contribution in [1.82, 2.24) is 4.98 Å². The summed E-state index contributed by atoms with van der Waals surface area (Å²) < 4.78 is 228. The van der Waals surface area contributed by atoms with Crippen LogP contribution in [0.5, 0.6) is 5.88 Å². The standard InChI is InChI=1S/C14H4F17NO4/c15-7(10(19,20)21,6(33)34-5-3-1-2-4-32-5)35-14(30,31)9(18,12(25,26)27)36-13(28,29)8(16,17)11(22,23)24/h1-4H/t7-,9-/m0/s1. The van der Waals surface area contributed by atoms with E-state index in [-0.39, 0.29) is 0 Å². The van der Waals surface area contributed by atoms with E-state index >= 15 is 0 Å². The minimum absolute atomic E-state index is 0.408. The van der Waals surface area contributed by atoms with Crippen LogP contribution in [0.25, 0.3) is 0 Å². The topological polar surface area (TPSA) is 57.7 Å². The number of hydrogen-bond acceptors (Lipinski definition) is 5. The molecule has 0 aromatic carbocycles. The summed E-state index contributed by atoms with van der Waals surface area (Å²) >= 11 is 0. The Kier molecular flexibility index (Phi) is 7.87. The summed E-state index contributed by atoms with van der Waals surface area (Å²) in [5, 5.41) is 0. The molecule has 0 saturated heterocycles. The first-order chi connectivity index (χ1) is 15.7. The largest absolute Gasteiger partial charge is 0.462 e. The average molecular weight is 573 g/mol. The molecule has 0 saturated carbocycles. The number of esters is 1. The van der Waals surface area contributed by atoms with Crippen molar-refractivity contribution >= 4 is 5.97 Å². The van der Waals surface area contributed by atoms with Crippen LogP contribution < -0.4 is 4.74 Å². The molecule has 0 amide bonds. The van der Waals surface area contributed by atoms with Crippen molar-refractivity contribution in [1.29, 1.82) is 0 Å². The number of halogens is 17. The lowest BCUT2D eigenvalue weighted by Gasteiger charge is -2.39. The third-order valence-electron chi connectivity index (χ3n) is 3.46. The average Bonchev–Trinajstić information content (AvgIpc) is 2.65. The van der Waals surface area contributed by atoms with Crippen LogP contribution in [0.15, 0.2) is 24.4 Å². The highest BCUT2D eigenvalue weighted by Crippen LogP contribution is 2.56. The van der Waals surface area contributed by atoms with Crippen LogP contribution in [-0.4, -0.2) is 59.3 Å². The fourth-order valence-corrected chi connectivity index (χ4v) is 1.71. The van der Waals surface area contributed by atoms with Crippen LogP contribution in [-0.2, 0) is 14.3 Å². The first-order valence-electron chi connectivity index (χ1n) is 7.91. The van der Waals surface area contributed by atoms with Crippen molar-refractivity contribution in [2.24, 2.45) is 0 Å². The van der Waals surface area contributed by atoms with E-state index in [4.69, 9.17) is 0 Å². The maximum Gasteiger partial charge on any atom is 0.462 e. The Labute approximate surface area is 184 Å². The smallest absolute Gasteiger partial charge is 0.403 e. The number of ether oxygens (including phenoxy) is 3. The minimum Gasteiger partial charge on any atom is -0.403 e. The number of aromatic nitrogens is 1. The molecule has 0 unspecified atom stereocenters. The van der Waals surface area contributed by atoms with Gasteiger partial charge in [-0.1, -0.05) is 6.07 Å². The van der Waals surface area contributed by atoms with E-state index in [1.54, 1.807) is 0 Å². The van der Waals surface area contributed by atoms with E-state index in [2.05, 4.69) is 9.72 Å². The third kappa shape index (κ3) is 5.52. The SMILES string of the molecule is O=C(Oc1ccccn1)[C@](F)(OC(F)(F)[C@@](F)(OC(F)(F)C(F)(F)C(F)(F)F)C(F)(F)F)C(F)(F)F. The zero-order chi connectivity index (χ0) is 28.8. The quantitative estimate of drug-likeness (QED) is 0.288. The Morgan fingerprint density at radius 3 is 1.50 bits per heavy atom. The van der Waals surface area contributed by atoms with Gasteiger partial charge < -0.3 is 4.74 Å². The molecule has 0 aliphatic carbocycles. The van der Waals surface area contributed by atoms with E-state index < -0.39 is 60.2 Å². The number of rotatable bonds is 8. The molecule has 22 heteroatoms. The predicted octanol–water partition coefficient (Wildman–Crippen LogP) is 5.86. The molecule has 0 fully saturated rings. The van der Waals surface area contributed by atoms with Crippen molar-refractivity contribution < 1.29 is 93.6 Å². The van der Waals surface area contributed by atoms with Gasteiger partial charge in [-0.05, 0) is 6.07 Å². The van der Waals surface area contributed by atoms with Crippen molar-refractivity contribution in [2.75, 3.05) is 0 Å². The van der Waals surface area contributed by atoms with Crippen molar-refractivity contribution in [3.05, 3.63) is 24.4 Å². The molecule has 1 heterocycles. The number of hydrogen-bond donors (Lipinski definition) is 0. The minimum atomic E-state index is -8.09. The summed E-state index contributed by atoms with van der Waals surface area (Å²) in [5.74, 6) is -28.1. The summed E-state index contributed by atoms with van der Waals surface area (Å²) in [4.78, 5) is 14.3. The second-order valence-corrected chi connectivity index (χ2v) is 6.05. The van der Waals surface area contributed by atoms with E-state index in [1.165, 1.54) is 4.74 Å². The van der Waals surface area contributed by atoms with E-state index in [0.29, 0.717) is 12.3 Å².